The van der Waals surface area contributed by atoms with Crippen molar-refractivity contribution >= 4 is 17.4 Å². The van der Waals surface area contributed by atoms with Gasteiger partial charge in [-0.15, -0.1) is 0 Å². The number of allylic oxidation sites excluding steroid dienone is 1. The summed E-state index contributed by atoms with van der Waals surface area (Å²) in [7, 11) is 0. The number of benzene rings is 1. The van der Waals surface area contributed by atoms with Crippen LogP contribution in [0.25, 0.3) is 0 Å². The van der Waals surface area contributed by atoms with Gasteiger partial charge in [-0.25, -0.2) is 4.39 Å². The molecule has 78 valence electrons. The van der Waals surface area contributed by atoms with E-state index in [1.54, 1.807) is 6.08 Å². The number of carbonyl (C=O) groups excluding carboxylic acids is 1. The van der Waals surface area contributed by atoms with Crippen molar-refractivity contribution in [2.45, 2.75) is 6.42 Å². The van der Waals surface area contributed by atoms with Crippen molar-refractivity contribution in [3.8, 4) is 0 Å². The summed E-state index contributed by atoms with van der Waals surface area (Å²) in [5, 5.41) is -0.0561. The standard InChI is InChI=1S/C11H8ClFO2/c12-8-6-7(3-4-9(8)13)11(14)10-2-1-5-15-10/h2-4,6H,1,5H2. The average molecular weight is 227 g/mol. The quantitative estimate of drug-likeness (QED) is 0.725. The van der Waals surface area contributed by atoms with Crippen LogP contribution in [0.5, 0.6) is 0 Å². The molecule has 0 aromatic heterocycles. The van der Waals surface area contributed by atoms with Crippen molar-refractivity contribution in [2.75, 3.05) is 6.61 Å². The number of ketones is 1. The summed E-state index contributed by atoms with van der Waals surface area (Å²) < 4.78 is 18.0. The fraction of sp³-hybridized carbons (Fsp3) is 0.182. The van der Waals surface area contributed by atoms with Gasteiger partial charge in [-0.1, -0.05) is 11.6 Å². The van der Waals surface area contributed by atoms with Gasteiger partial charge in [0.25, 0.3) is 0 Å². The van der Waals surface area contributed by atoms with Gasteiger partial charge in [0.2, 0.25) is 5.78 Å². The van der Waals surface area contributed by atoms with Crippen LogP contribution in [0.4, 0.5) is 4.39 Å². The van der Waals surface area contributed by atoms with Crippen LogP contribution in [0.2, 0.25) is 5.02 Å². The zero-order valence-electron chi connectivity index (χ0n) is 7.80. The number of Topliss-reactive ketones (excluding diaryl/α,β-unsaturated/α-hetero) is 1. The van der Waals surface area contributed by atoms with Crippen molar-refractivity contribution in [3.05, 3.63) is 46.4 Å². The van der Waals surface area contributed by atoms with Gasteiger partial charge in [-0.05, 0) is 24.3 Å². The highest BCUT2D eigenvalue weighted by molar-refractivity contribution is 6.31. The van der Waals surface area contributed by atoms with Gasteiger partial charge in [-0.2, -0.15) is 0 Å². The summed E-state index contributed by atoms with van der Waals surface area (Å²) in [6.45, 7) is 0.524. The summed E-state index contributed by atoms with van der Waals surface area (Å²) in [6.07, 6.45) is 2.45. The fourth-order valence-electron chi connectivity index (χ4n) is 1.36. The summed E-state index contributed by atoms with van der Waals surface area (Å²) in [4.78, 5) is 11.7. The Bertz CT molecular complexity index is 440. The number of ether oxygens (including phenoxy) is 1. The second kappa shape index (κ2) is 4.03. The zero-order chi connectivity index (χ0) is 10.8. The van der Waals surface area contributed by atoms with Crippen LogP contribution >= 0.6 is 11.6 Å². The van der Waals surface area contributed by atoms with E-state index in [1.165, 1.54) is 18.2 Å². The molecule has 0 aliphatic carbocycles. The van der Waals surface area contributed by atoms with E-state index in [0.717, 1.165) is 6.42 Å². The van der Waals surface area contributed by atoms with E-state index in [-0.39, 0.29) is 10.8 Å². The number of rotatable bonds is 2. The third kappa shape index (κ3) is 2.02. The molecule has 0 unspecified atom stereocenters. The number of hydrogen-bond donors (Lipinski definition) is 0. The Morgan fingerprint density at radius 3 is 2.87 bits per heavy atom. The Hall–Kier alpha value is -1.35. The van der Waals surface area contributed by atoms with Crippen LogP contribution in [0, 0.1) is 5.82 Å². The molecular weight excluding hydrogens is 219 g/mol. The Morgan fingerprint density at radius 1 is 1.47 bits per heavy atom. The van der Waals surface area contributed by atoms with Gasteiger partial charge in [0, 0.05) is 12.0 Å². The van der Waals surface area contributed by atoms with E-state index in [9.17, 15) is 9.18 Å². The Labute approximate surface area is 91.3 Å². The highest BCUT2D eigenvalue weighted by Gasteiger charge is 2.17. The highest BCUT2D eigenvalue weighted by Crippen LogP contribution is 2.20. The molecule has 15 heavy (non-hydrogen) atoms. The molecule has 0 radical (unpaired) electrons. The maximum Gasteiger partial charge on any atom is 0.227 e. The van der Waals surface area contributed by atoms with Gasteiger partial charge >= 0.3 is 0 Å². The van der Waals surface area contributed by atoms with E-state index in [2.05, 4.69) is 0 Å². The third-order valence-corrected chi connectivity index (χ3v) is 2.40. The van der Waals surface area contributed by atoms with Crippen molar-refractivity contribution in [2.24, 2.45) is 0 Å². The lowest BCUT2D eigenvalue weighted by Crippen LogP contribution is -2.04. The van der Waals surface area contributed by atoms with Gasteiger partial charge in [0.05, 0.1) is 11.6 Å². The molecule has 0 N–H and O–H groups in total. The molecule has 2 rings (SSSR count). The van der Waals surface area contributed by atoms with E-state index >= 15 is 0 Å². The molecule has 0 spiro atoms. The molecule has 0 fully saturated rings. The van der Waals surface area contributed by atoms with E-state index in [4.69, 9.17) is 16.3 Å². The van der Waals surface area contributed by atoms with Gasteiger partial charge in [0.15, 0.2) is 5.76 Å². The first-order valence-electron chi connectivity index (χ1n) is 4.51. The van der Waals surface area contributed by atoms with Crippen molar-refractivity contribution in [1.82, 2.24) is 0 Å². The first kappa shape index (κ1) is 10.2. The first-order chi connectivity index (χ1) is 7.18. The molecule has 1 aromatic rings. The summed E-state index contributed by atoms with van der Waals surface area (Å²) in [5.41, 5.74) is 0.342. The Morgan fingerprint density at radius 2 is 2.27 bits per heavy atom. The molecule has 0 atom stereocenters. The van der Waals surface area contributed by atoms with Crippen molar-refractivity contribution in [3.63, 3.8) is 0 Å². The van der Waals surface area contributed by atoms with Crippen LogP contribution in [0.3, 0.4) is 0 Å². The minimum atomic E-state index is -0.533. The van der Waals surface area contributed by atoms with E-state index in [0.29, 0.717) is 17.9 Å². The molecule has 1 aromatic carbocycles. The summed E-state index contributed by atoms with van der Waals surface area (Å²) >= 11 is 5.58. The van der Waals surface area contributed by atoms with Gasteiger partial charge in [-0.3, -0.25) is 4.79 Å². The number of hydrogen-bond acceptors (Lipinski definition) is 2. The lowest BCUT2D eigenvalue weighted by atomic mass is 10.1. The summed E-state index contributed by atoms with van der Waals surface area (Å²) in [6, 6.07) is 3.87. The van der Waals surface area contributed by atoms with Gasteiger partial charge in [0.1, 0.15) is 5.82 Å². The maximum atomic E-state index is 12.9. The van der Waals surface area contributed by atoms with Crippen LogP contribution < -0.4 is 0 Å². The maximum absolute atomic E-state index is 12.9. The molecule has 0 amide bonds. The topological polar surface area (TPSA) is 26.3 Å². The number of carbonyl (C=O) groups is 1. The lowest BCUT2D eigenvalue weighted by Gasteiger charge is -2.03. The second-order valence-corrected chi connectivity index (χ2v) is 3.57. The monoisotopic (exact) mass is 226 g/mol. The average Bonchev–Trinajstić information content (AvgIpc) is 2.74. The van der Waals surface area contributed by atoms with Crippen LogP contribution in [0.1, 0.15) is 16.8 Å². The predicted octanol–water partition coefficient (Wildman–Crippen LogP) is 2.97. The fourth-order valence-corrected chi connectivity index (χ4v) is 1.54. The molecule has 1 aliphatic rings. The SMILES string of the molecule is O=C(C1=CCCO1)c1ccc(F)c(Cl)c1. The molecule has 0 bridgehead atoms. The van der Waals surface area contributed by atoms with Crippen LogP contribution in [-0.4, -0.2) is 12.4 Å². The number of halogens is 2. The van der Waals surface area contributed by atoms with E-state index < -0.39 is 5.82 Å². The zero-order valence-corrected chi connectivity index (χ0v) is 8.55. The molecule has 0 saturated carbocycles. The van der Waals surface area contributed by atoms with E-state index in [1.807, 2.05) is 0 Å². The van der Waals surface area contributed by atoms with Crippen LogP contribution in [0.15, 0.2) is 30.0 Å². The molecule has 1 aliphatic heterocycles. The Balaban J connectivity index is 2.29. The Kier molecular flexibility index (Phi) is 2.73. The molecule has 4 heteroatoms. The molecule has 1 heterocycles. The lowest BCUT2D eigenvalue weighted by molar-refractivity contribution is 0.0942. The minimum Gasteiger partial charge on any atom is -0.489 e. The van der Waals surface area contributed by atoms with Crippen molar-refractivity contribution < 1.29 is 13.9 Å². The minimum absolute atomic E-state index is 0.0561. The third-order valence-electron chi connectivity index (χ3n) is 2.11. The highest BCUT2D eigenvalue weighted by atomic mass is 35.5. The molecule has 2 nitrogen and oxygen atoms in total. The van der Waals surface area contributed by atoms with Crippen LogP contribution in [-0.2, 0) is 4.74 Å². The van der Waals surface area contributed by atoms with Gasteiger partial charge < -0.3 is 4.74 Å². The molecular formula is C11H8ClFO2. The normalized spacial score (nSPS) is 14.7. The smallest absolute Gasteiger partial charge is 0.227 e. The predicted molar refractivity (Wildman–Crippen MR) is 54.4 cm³/mol. The molecule has 0 saturated heterocycles. The van der Waals surface area contributed by atoms with Crippen molar-refractivity contribution in [1.29, 1.82) is 0 Å². The summed E-state index contributed by atoms with van der Waals surface area (Å²) in [5.74, 6) is -0.471. The first-order valence-corrected chi connectivity index (χ1v) is 4.89. The largest absolute Gasteiger partial charge is 0.489 e. The second-order valence-electron chi connectivity index (χ2n) is 3.16.